The Kier molecular flexibility index (Phi) is 2.82. The number of carbonyl (C=O) groups is 1. The average Bonchev–Trinajstić information content (AvgIpc) is 2.71. The lowest BCUT2D eigenvalue weighted by Crippen LogP contribution is -2.21. The highest BCUT2D eigenvalue weighted by Crippen LogP contribution is 2.10. The van der Waals surface area contributed by atoms with Crippen molar-refractivity contribution in [3.8, 4) is 5.69 Å². The van der Waals surface area contributed by atoms with E-state index < -0.39 is 11.5 Å². The van der Waals surface area contributed by atoms with E-state index >= 15 is 0 Å². The van der Waals surface area contributed by atoms with Crippen LogP contribution >= 0.6 is 0 Å². The number of rotatable bonds is 2. The molecule has 5 nitrogen and oxygen atoms in total. The van der Waals surface area contributed by atoms with E-state index in [4.69, 9.17) is 0 Å². The Morgan fingerprint density at radius 3 is 2.71 bits per heavy atom. The van der Waals surface area contributed by atoms with Gasteiger partial charge in [-0.25, -0.2) is 9.48 Å². The maximum absolute atomic E-state index is 12.0. The summed E-state index contributed by atoms with van der Waals surface area (Å²) in [6.45, 7) is 1.89. The summed E-state index contributed by atoms with van der Waals surface area (Å²) in [5.74, 6) is -0.640. The predicted octanol–water partition coefficient (Wildman–Crippen LogP) is 1.26. The number of nitrogens with one attached hydrogen (secondary N) is 1. The van der Waals surface area contributed by atoms with Crippen LogP contribution in [-0.4, -0.2) is 22.9 Å². The highest BCUT2D eigenvalue weighted by molar-refractivity contribution is 5.88. The Bertz CT molecular complexity index is 610. The molecule has 2 rings (SSSR count). The van der Waals surface area contributed by atoms with E-state index in [1.807, 2.05) is 25.1 Å². The summed E-state index contributed by atoms with van der Waals surface area (Å²) in [5.41, 5.74) is 1.24. The minimum absolute atomic E-state index is 0.00393. The monoisotopic (exact) mass is 232 g/mol. The first-order chi connectivity index (χ1) is 8.15. The lowest BCUT2D eigenvalue weighted by atomic mass is 10.2. The molecule has 1 aromatic heterocycles. The number of aromatic amines is 1. The molecule has 0 bridgehead atoms. The molecule has 0 aliphatic carbocycles. The van der Waals surface area contributed by atoms with Crippen molar-refractivity contribution in [2.75, 3.05) is 7.11 Å². The summed E-state index contributed by atoms with van der Waals surface area (Å²) < 4.78 is 5.85. The first-order valence-electron chi connectivity index (χ1n) is 5.10. The van der Waals surface area contributed by atoms with Crippen molar-refractivity contribution < 1.29 is 9.53 Å². The fourth-order valence-electron chi connectivity index (χ4n) is 1.62. The second-order valence-corrected chi connectivity index (χ2v) is 3.61. The van der Waals surface area contributed by atoms with E-state index in [0.29, 0.717) is 5.69 Å². The minimum Gasteiger partial charge on any atom is -0.465 e. The Morgan fingerprint density at radius 1 is 1.35 bits per heavy atom. The Labute approximate surface area is 97.6 Å². The van der Waals surface area contributed by atoms with E-state index in [1.54, 1.807) is 6.07 Å². The number of ether oxygens (including phenoxy) is 1. The van der Waals surface area contributed by atoms with Crippen molar-refractivity contribution in [1.29, 1.82) is 0 Å². The van der Waals surface area contributed by atoms with Crippen molar-refractivity contribution in [2.24, 2.45) is 0 Å². The molecule has 0 radical (unpaired) electrons. The topological polar surface area (TPSA) is 64.1 Å². The van der Waals surface area contributed by atoms with Gasteiger partial charge in [0.2, 0.25) is 0 Å². The van der Waals surface area contributed by atoms with Crippen LogP contribution in [0.2, 0.25) is 0 Å². The number of benzene rings is 1. The molecule has 0 amide bonds. The highest BCUT2D eigenvalue weighted by Gasteiger charge is 2.15. The summed E-state index contributed by atoms with van der Waals surface area (Å²) in [6.07, 6.45) is 1.35. The Balaban J connectivity index is 2.56. The van der Waals surface area contributed by atoms with Gasteiger partial charge in [-0.05, 0) is 18.6 Å². The van der Waals surface area contributed by atoms with Crippen LogP contribution in [0.3, 0.4) is 0 Å². The van der Waals surface area contributed by atoms with Crippen LogP contribution in [0, 0.1) is 6.92 Å². The molecular weight excluding hydrogens is 220 g/mol. The summed E-state index contributed by atoms with van der Waals surface area (Å²) >= 11 is 0. The number of aryl methyl sites for hydroxylation is 1. The number of hydrogen-bond donors (Lipinski definition) is 1. The van der Waals surface area contributed by atoms with Crippen LogP contribution in [0.25, 0.3) is 5.69 Å². The third-order valence-electron chi connectivity index (χ3n) is 2.53. The molecule has 1 aromatic carbocycles. The van der Waals surface area contributed by atoms with Crippen molar-refractivity contribution in [3.05, 3.63) is 51.9 Å². The summed E-state index contributed by atoms with van der Waals surface area (Å²) in [6, 6.07) is 7.40. The van der Waals surface area contributed by atoms with E-state index in [0.717, 1.165) is 5.56 Å². The molecule has 1 heterocycles. The Morgan fingerprint density at radius 2 is 2.06 bits per heavy atom. The highest BCUT2D eigenvalue weighted by atomic mass is 16.5. The smallest absolute Gasteiger partial charge is 0.345 e. The van der Waals surface area contributed by atoms with Crippen LogP contribution in [0.4, 0.5) is 0 Å². The minimum atomic E-state index is -0.640. The van der Waals surface area contributed by atoms with Crippen LogP contribution in [0.15, 0.2) is 35.3 Å². The van der Waals surface area contributed by atoms with Gasteiger partial charge in [-0.1, -0.05) is 18.2 Å². The van der Waals surface area contributed by atoms with E-state index in [1.165, 1.54) is 18.0 Å². The molecule has 2 aromatic rings. The standard InChI is InChI=1S/C12H12N2O3/c1-8-5-3-4-6-10(8)14-11(15)9(7-13-14)12(16)17-2/h3-7,13H,1-2H3. The SMILES string of the molecule is COC(=O)c1c[nH]n(-c2ccccc2C)c1=O. The zero-order valence-electron chi connectivity index (χ0n) is 9.56. The van der Waals surface area contributed by atoms with Gasteiger partial charge in [0.25, 0.3) is 5.56 Å². The molecule has 17 heavy (non-hydrogen) atoms. The van der Waals surface area contributed by atoms with Gasteiger partial charge in [0.05, 0.1) is 12.8 Å². The van der Waals surface area contributed by atoms with Gasteiger partial charge < -0.3 is 4.74 Å². The van der Waals surface area contributed by atoms with Crippen molar-refractivity contribution in [2.45, 2.75) is 6.92 Å². The van der Waals surface area contributed by atoms with Crippen molar-refractivity contribution in [1.82, 2.24) is 9.78 Å². The van der Waals surface area contributed by atoms with Crippen molar-refractivity contribution >= 4 is 5.97 Å². The molecule has 5 heteroatoms. The third-order valence-corrected chi connectivity index (χ3v) is 2.53. The van der Waals surface area contributed by atoms with Gasteiger partial charge in [0.1, 0.15) is 5.56 Å². The number of aromatic nitrogens is 2. The van der Waals surface area contributed by atoms with E-state index in [9.17, 15) is 9.59 Å². The summed E-state index contributed by atoms with van der Waals surface area (Å²) in [7, 11) is 1.24. The molecule has 0 saturated carbocycles. The van der Waals surface area contributed by atoms with Crippen LogP contribution in [0.5, 0.6) is 0 Å². The largest absolute Gasteiger partial charge is 0.465 e. The molecule has 0 aliphatic heterocycles. The Hall–Kier alpha value is -2.30. The van der Waals surface area contributed by atoms with E-state index in [2.05, 4.69) is 9.84 Å². The first-order valence-corrected chi connectivity index (χ1v) is 5.10. The van der Waals surface area contributed by atoms with Gasteiger partial charge in [-0.15, -0.1) is 0 Å². The second-order valence-electron chi connectivity index (χ2n) is 3.61. The maximum atomic E-state index is 12.0. The van der Waals surface area contributed by atoms with Gasteiger partial charge in [0.15, 0.2) is 0 Å². The van der Waals surface area contributed by atoms with E-state index in [-0.39, 0.29) is 5.56 Å². The molecule has 0 spiro atoms. The molecule has 0 aliphatic rings. The van der Waals surface area contributed by atoms with Gasteiger partial charge >= 0.3 is 5.97 Å². The number of H-pyrrole nitrogens is 1. The quantitative estimate of drug-likeness (QED) is 0.793. The third kappa shape index (κ3) is 1.87. The van der Waals surface area contributed by atoms with Gasteiger partial charge in [-0.2, -0.15) is 0 Å². The lowest BCUT2D eigenvalue weighted by molar-refractivity contribution is 0.0599. The molecule has 88 valence electrons. The average molecular weight is 232 g/mol. The molecule has 0 saturated heterocycles. The number of para-hydroxylation sites is 1. The van der Waals surface area contributed by atoms with Crippen LogP contribution < -0.4 is 5.56 Å². The molecule has 0 unspecified atom stereocenters. The normalized spacial score (nSPS) is 10.2. The fraction of sp³-hybridized carbons (Fsp3) is 0.167. The summed E-state index contributed by atoms with van der Waals surface area (Å²) in [5, 5.41) is 2.75. The molecule has 0 fully saturated rings. The zero-order chi connectivity index (χ0) is 12.4. The number of carbonyl (C=O) groups excluding carboxylic acids is 1. The molecule has 0 atom stereocenters. The van der Waals surface area contributed by atoms with Crippen molar-refractivity contribution in [3.63, 3.8) is 0 Å². The van der Waals surface area contributed by atoms with Gasteiger partial charge in [0, 0.05) is 6.20 Å². The molecular formula is C12H12N2O3. The van der Waals surface area contributed by atoms with Gasteiger partial charge in [-0.3, -0.25) is 9.89 Å². The maximum Gasteiger partial charge on any atom is 0.345 e. The number of hydrogen-bond acceptors (Lipinski definition) is 3. The first kappa shape index (κ1) is 11.2. The predicted molar refractivity (Wildman–Crippen MR) is 62.5 cm³/mol. The lowest BCUT2D eigenvalue weighted by Gasteiger charge is -2.04. The zero-order valence-corrected chi connectivity index (χ0v) is 9.56. The summed E-state index contributed by atoms with van der Waals surface area (Å²) in [4.78, 5) is 23.3. The molecule has 1 N–H and O–H groups in total. The second kappa shape index (κ2) is 4.29. The van der Waals surface area contributed by atoms with Crippen LogP contribution in [0.1, 0.15) is 15.9 Å². The number of methoxy groups -OCH3 is 1. The fourth-order valence-corrected chi connectivity index (χ4v) is 1.62. The number of nitrogens with zero attached hydrogens (tertiary/aromatic N) is 1. The van der Waals surface area contributed by atoms with Crippen LogP contribution in [-0.2, 0) is 4.74 Å². The number of esters is 1.